The van der Waals surface area contributed by atoms with Gasteiger partial charge >= 0.3 is 0 Å². The topological polar surface area (TPSA) is 49.9 Å². The zero-order valence-corrected chi connectivity index (χ0v) is 14.2. The van der Waals surface area contributed by atoms with Crippen LogP contribution >= 0.6 is 12.6 Å². The van der Waals surface area contributed by atoms with Crippen molar-refractivity contribution < 1.29 is 14.3 Å². The first-order chi connectivity index (χ1) is 11.0. The molecule has 0 aromatic heterocycles. The van der Waals surface area contributed by atoms with Crippen molar-refractivity contribution in [2.24, 2.45) is 5.92 Å². The number of rotatable bonds is 3. The van der Waals surface area contributed by atoms with E-state index in [1.807, 2.05) is 13.0 Å². The van der Waals surface area contributed by atoms with Crippen LogP contribution in [0.4, 0.5) is 0 Å². The van der Waals surface area contributed by atoms with Crippen LogP contribution in [0.3, 0.4) is 0 Å². The summed E-state index contributed by atoms with van der Waals surface area (Å²) < 4.78 is 5.35. The summed E-state index contributed by atoms with van der Waals surface area (Å²) in [5.41, 5.74) is 1.48. The third-order valence-corrected chi connectivity index (χ3v) is 5.21. The van der Waals surface area contributed by atoms with Gasteiger partial charge in [0.15, 0.2) is 0 Å². The Labute approximate surface area is 141 Å². The molecule has 1 aromatic rings. The zero-order chi connectivity index (χ0) is 16.7. The third kappa shape index (κ3) is 2.61. The van der Waals surface area contributed by atoms with Crippen molar-refractivity contribution in [1.29, 1.82) is 0 Å². The number of likely N-dealkylation sites (tertiary alicyclic amines) is 2. The molecule has 2 unspecified atom stereocenters. The van der Waals surface area contributed by atoms with Crippen molar-refractivity contribution in [3.05, 3.63) is 35.9 Å². The SMILES string of the molecule is C=CC(=O)N1CC2CN(C(=O)c3cc(S)c(C)cc3OC)CC21. The Bertz CT molecular complexity index is 689. The molecule has 2 amide bonds. The molecule has 122 valence electrons. The van der Waals surface area contributed by atoms with Crippen molar-refractivity contribution >= 4 is 24.4 Å². The largest absolute Gasteiger partial charge is 0.496 e. The molecule has 2 aliphatic rings. The van der Waals surface area contributed by atoms with Gasteiger partial charge in [-0.15, -0.1) is 12.6 Å². The van der Waals surface area contributed by atoms with Crippen LogP contribution in [0.1, 0.15) is 15.9 Å². The van der Waals surface area contributed by atoms with E-state index < -0.39 is 0 Å². The summed E-state index contributed by atoms with van der Waals surface area (Å²) in [6, 6.07) is 3.69. The Morgan fingerprint density at radius 1 is 1.35 bits per heavy atom. The van der Waals surface area contributed by atoms with Crippen molar-refractivity contribution in [1.82, 2.24) is 9.80 Å². The van der Waals surface area contributed by atoms with E-state index in [9.17, 15) is 9.59 Å². The molecule has 0 spiro atoms. The number of carbonyl (C=O) groups is 2. The summed E-state index contributed by atoms with van der Waals surface area (Å²) in [6.07, 6.45) is 1.33. The fourth-order valence-corrected chi connectivity index (χ4v) is 3.54. The molecule has 6 heteroatoms. The van der Waals surface area contributed by atoms with Gasteiger partial charge in [-0.3, -0.25) is 9.59 Å². The predicted molar refractivity (Wildman–Crippen MR) is 90.1 cm³/mol. The minimum atomic E-state index is -0.0717. The molecule has 0 bridgehead atoms. The number of aryl methyl sites for hydroxylation is 1. The Morgan fingerprint density at radius 2 is 2.09 bits per heavy atom. The van der Waals surface area contributed by atoms with Gasteiger partial charge in [0.1, 0.15) is 5.75 Å². The normalized spacial score (nSPS) is 22.4. The summed E-state index contributed by atoms with van der Waals surface area (Å²) in [4.78, 5) is 28.9. The zero-order valence-electron chi connectivity index (χ0n) is 13.3. The van der Waals surface area contributed by atoms with E-state index in [1.165, 1.54) is 6.08 Å². The number of methoxy groups -OCH3 is 1. The second-order valence-corrected chi connectivity index (χ2v) is 6.55. The lowest BCUT2D eigenvalue weighted by Gasteiger charge is -2.42. The second-order valence-electron chi connectivity index (χ2n) is 6.07. The molecule has 2 aliphatic heterocycles. The maximum atomic E-state index is 12.8. The number of nitrogens with zero attached hydrogens (tertiary/aromatic N) is 2. The number of amides is 2. The number of fused-ring (bicyclic) bond motifs is 1. The molecule has 0 N–H and O–H groups in total. The fraction of sp³-hybridized carbons (Fsp3) is 0.412. The first kappa shape index (κ1) is 15.9. The predicted octanol–water partition coefficient (Wildman–Crippen LogP) is 1.76. The van der Waals surface area contributed by atoms with Gasteiger partial charge in [-0.2, -0.15) is 0 Å². The van der Waals surface area contributed by atoms with Gasteiger partial charge in [0, 0.05) is 30.4 Å². The fourth-order valence-electron chi connectivity index (χ4n) is 3.35. The highest BCUT2D eigenvalue weighted by Crippen LogP contribution is 2.35. The quantitative estimate of drug-likeness (QED) is 0.678. The first-order valence-corrected chi connectivity index (χ1v) is 8.01. The standard InChI is InChI=1S/C17H20N2O3S/c1-4-16(20)19-8-11-7-18(9-13(11)19)17(21)12-6-15(23)10(2)5-14(12)22-3/h4-6,11,13,23H,1,7-9H2,2-3H3. The van der Waals surface area contributed by atoms with Gasteiger partial charge in [0.2, 0.25) is 5.91 Å². The van der Waals surface area contributed by atoms with Crippen LogP contribution in [0.25, 0.3) is 0 Å². The lowest BCUT2D eigenvalue weighted by molar-refractivity contribution is -0.135. The van der Waals surface area contributed by atoms with Gasteiger partial charge in [-0.1, -0.05) is 6.58 Å². The molecule has 23 heavy (non-hydrogen) atoms. The summed E-state index contributed by atoms with van der Waals surface area (Å²) in [6.45, 7) is 7.37. The number of hydrogen-bond acceptors (Lipinski definition) is 4. The van der Waals surface area contributed by atoms with Crippen LogP contribution in [0.2, 0.25) is 0 Å². The summed E-state index contributed by atoms with van der Waals surface area (Å²) in [7, 11) is 1.56. The van der Waals surface area contributed by atoms with Gasteiger partial charge in [-0.05, 0) is 30.7 Å². The molecule has 2 fully saturated rings. The smallest absolute Gasteiger partial charge is 0.257 e. The number of ether oxygens (including phenoxy) is 1. The van der Waals surface area contributed by atoms with Crippen LogP contribution in [-0.2, 0) is 4.79 Å². The highest BCUT2D eigenvalue weighted by molar-refractivity contribution is 7.80. The maximum Gasteiger partial charge on any atom is 0.257 e. The first-order valence-electron chi connectivity index (χ1n) is 7.56. The van der Waals surface area contributed by atoms with Gasteiger partial charge in [0.25, 0.3) is 5.91 Å². The number of carbonyl (C=O) groups excluding carboxylic acids is 2. The Kier molecular flexibility index (Phi) is 4.10. The summed E-state index contributed by atoms with van der Waals surface area (Å²) >= 11 is 4.40. The second kappa shape index (κ2) is 5.92. The van der Waals surface area contributed by atoms with E-state index in [1.54, 1.807) is 23.0 Å². The number of hydrogen-bond donors (Lipinski definition) is 1. The Hall–Kier alpha value is -1.95. The minimum absolute atomic E-state index is 0.0638. The average molecular weight is 332 g/mol. The van der Waals surface area contributed by atoms with Crippen LogP contribution in [0.15, 0.2) is 29.7 Å². The molecule has 3 rings (SSSR count). The van der Waals surface area contributed by atoms with E-state index in [4.69, 9.17) is 4.74 Å². The highest BCUT2D eigenvalue weighted by atomic mass is 32.1. The van der Waals surface area contributed by atoms with Crippen molar-refractivity contribution in [3.63, 3.8) is 0 Å². The maximum absolute atomic E-state index is 12.8. The van der Waals surface area contributed by atoms with Crippen molar-refractivity contribution in [3.8, 4) is 5.75 Å². The lowest BCUT2D eigenvalue weighted by Crippen LogP contribution is -2.57. The van der Waals surface area contributed by atoms with Crippen LogP contribution < -0.4 is 4.74 Å². The van der Waals surface area contributed by atoms with E-state index in [0.29, 0.717) is 36.9 Å². The lowest BCUT2D eigenvalue weighted by atomic mass is 9.92. The minimum Gasteiger partial charge on any atom is -0.496 e. The summed E-state index contributed by atoms with van der Waals surface area (Å²) in [5, 5.41) is 0. The Morgan fingerprint density at radius 3 is 2.74 bits per heavy atom. The van der Waals surface area contributed by atoms with Crippen molar-refractivity contribution in [2.75, 3.05) is 26.7 Å². The van der Waals surface area contributed by atoms with Crippen LogP contribution in [0.5, 0.6) is 5.75 Å². The van der Waals surface area contributed by atoms with E-state index >= 15 is 0 Å². The number of benzene rings is 1. The molecule has 2 saturated heterocycles. The van der Waals surface area contributed by atoms with Crippen LogP contribution in [-0.4, -0.2) is 54.4 Å². The van der Waals surface area contributed by atoms with E-state index in [0.717, 1.165) is 10.5 Å². The monoisotopic (exact) mass is 332 g/mol. The summed E-state index contributed by atoms with van der Waals surface area (Å²) in [5.74, 6) is 0.780. The molecule has 2 atom stereocenters. The molecular weight excluding hydrogens is 312 g/mol. The Balaban J connectivity index is 1.79. The van der Waals surface area contributed by atoms with E-state index in [2.05, 4.69) is 19.2 Å². The third-order valence-electron chi connectivity index (χ3n) is 4.73. The molecule has 1 aromatic carbocycles. The van der Waals surface area contributed by atoms with Gasteiger partial charge in [-0.25, -0.2) is 0 Å². The van der Waals surface area contributed by atoms with Crippen LogP contribution in [0, 0.1) is 12.8 Å². The van der Waals surface area contributed by atoms with E-state index in [-0.39, 0.29) is 17.9 Å². The number of thiol groups is 1. The molecule has 2 heterocycles. The molecule has 0 radical (unpaired) electrons. The highest BCUT2D eigenvalue weighted by Gasteiger charge is 2.48. The van der Waals surface area contributed by atoms with Crippen molar-refractivity contribution in [2.45, 2.75) is 17.9 Å². The molecule has 0 saturated carbocycles. The van der Waals surface area contributed by atoms with Gasteiger partial charge < -0.3 is 14.5 Å². The van der Waals surface area contributed by atoms with Gasteiger partial charge in [0.05, 0.1) is 18.7 Å². The average Bonchev–Trinajstić information content (AvgIpc) is 2.86. The molecule has 0 aliphatic carbocycles. The molecule has 5 nitrogen and oxygen atoms in total. The molecular formula is C17H20N2O3S.